The van der Waals surface area contributed by atoms with E-state index in [2.05, 4.69) is 5.32 Å². The highest BCUT2D eigenvalue weighted by Crippen LogP contribution is 2.13. The van der Waals surface area contributed by atoms with Gasteiger partial charge in [0.05, 0.1) is 6.61 Å². The lowest BCUT2D eigenvalue weighted by Gasteiger charge is -2.13. The molecule has 0 saturated carbocycles. The summed E-state index contributed by atoms with van der Waals surface area (Å²) in [4.78, 5) is 11.9. The summed E-state index contributed by atoms with van der Waals surface area (Å²) < 4.78 is 5.35. The third kappa shape index (κ3) is 4.75. The number of aliphatic hydroxyl groups excluding tert-OH is 1. The Hall–Kier alpha value is -1.55. The average Bonchev–Trinajstić information content (AvgIpc) is 2.37. The molecule has 1 unspecified atom stereocenters. The number of benzene rings is 1. The van der Waals surface area contributed by atoms with Gasteiger partial charge in [-0.1, -0.05) is 6.07 Å². The summed E-state index contributed by atoms with van der Waals surface area (Å²) in [7, 11) is 0. The van der Waals surface area contributed by atoms with Crippen molar-refractivity contribution in [2.75, 3.05) is 13.2 Å². The van der Waals surface area contributed by atoms with Crippen molar-refractivity contribution in [2.45, 2.75) is 32.7 Å². The zero-order valence-corrected chi connectivity index (χ0v) is 11.0. The smallest absolute Gasteiger partial charge is 0.251 e. The van der Waals surface area contributed by atoms with E-state index in [0.29, 0.717) is 24.3 Å². The lowest BCUT2D eigenvalue weighted by Crippen LogP contribution is -2.32. The number of aliphatic hydroxyl groups is 1. The lowest BCUT2D eigenvalue weighted by molar-refractivity contribution is 0.0936. The fourth-order valence-electron chi connectivity index (χ4n) is 1.67. The van der Waals surface area contributed by atoms with Gasteiger partial charge in [-0.3, -0.25) is 4.79 Å². The number of hydrogen-bond acceptors (Lipinski definition) is 3. The van der Waals surface area contributed by atoms with E-state index in [1.54, 1.807) is 18.2 Å². The number of carbonyl (C=O) groups is 1. The molecule has 0 aliphatic heterocycles. The molecule has 100 valence electrons. The summed E-state index contributed by atoms with van der Waals surface area (Å²) in [5, 5.41) is 11.6. The molecular weight excluding hydrogens is 230 g/mol. The SMILES string of the molecule is CCOc1cccc(C(=O)NC(C)CCCO)c1. The van der Waals surface area contributed by atoms with E-state index >= 15 is 0 Å². The predicted molar refractivity (Wildman–Crippen MR) is 70.9 cm³/mol. The second kappa shape index (κ2) is 7.71. The van der Waals surface area contributed by atoms with Gasteiger partial charge in [-0.15, -0.1) is 0 Å². The second-order valence-corrected chi connectivity index (χ2v) is 4.20. The zero-order chi connectivity index (χ0) is 13.4. The molecule has 0 radical (unpaired) electrons. The fourth-order valence-corrected chi connectivity index (χ4v) is 1.67. The molecular formula is C14H21NO3. The van der Waals surface area contributed by atoms with Crippen LogP contribution in [0.4, 0.5) is 0 Å². The van der Waals surface area contributed by atoms with Crippen LogP contribution in [0.25, 0.3) is 0 Å². The number of hydrogen-bond donors (Lipinski definition) is 2. The van der Waals surface area contributed by atoms with E-state index < -0.39 is 0 Å². The average molecular weight is 251 g/mol. The van der Waals surface area contributed by atoms with Crippen LogP contribution < -0.4 is 10.1 Å². The van der Waals surface area contributed by atoms with E-state index in [9.17, 15) is 4.79 Å². The van der Waals surface area contributed by atoms with Crippen molar-refractivity contribution < 1.29 is 14.6 Å². The third-order valence-corrected chi connectivity index (χ3v) is 2.58. The van der Waals surface area contributed by atoms with Crippen LogP contribution >= 0.6 is 0 Å². The summed E-state index contributed by atoms with van der Waals surface area (Å²) in [5.41, 5.74) is 0.594. The topological polar surface area (TPSA) is 58.6 Å². The van der Waals surface area contributed by atoms with Crippen molar-refractivity contribution in [2.24, 2.45) is 0 Å². The van der Waals surface area contributed by atoms with Crippen LogP contribution in [0.15, 0.2) is 24.3 Å². The first-order valence-electron chi connectivity index (χ1n) is 6.32. The molecule has 0 aliphatic rings. The molecule has 18 heavy (non-hydrogen) atoms. The first-order valence-corrected chi connectivity index (χ1v) is 6.32. The molecule has 0 aliphatic carbocycles. The van der Waals surface area contributed by atoms with Crippen LogP contribution in [0, 0.1) is 0 Å². The molecule has 0 spiro atoms. The summed E-state index contributed by atoms with van der Waals surface area (Å²) in [6, 6.07) is 7.18. The Labute approximate surface area is 108 Å². The first kappa shape index (κ1) is 14.5. The quantitative estimate of drug-likeness (QED) is 0.779. The number of amides is 1. The van der Waals surface area contributed by atoms with Gasteiger partial charge in [0.1, 0.15) is 5.75 Å². The van der Waals surface area contributed by atoms with Gasteiger partial charge in [-0.25, -0.2) is 0 Å². The molecule has 1 atom stereocenters. The van der Waals surface area contributed by atoms with E-state index in [1.807, 2.05) is 19.9 Å². The molecule has 0 heterocycles. The summed E-state index contributed by atoms with van der Waals surface area (Å²) >= 11 is 0. The summed E-state index contributed by atoms with van der Waals surface area (Å²) in [6.45, 7) is 4.57. The molecule has 1 rings (SSSR count). The van der Waals surface area contributed by atoms with Crippen molar-refractivity contribution in [1.82, 2.24) is 5.32 Å². The van der Waals surface area contributed by atoms with Gasteiger partial charge in [0, 0.05) is 18.2 Å². The van der Waals surface area contributed by atoms with E-state index in [0.717, 1.165) is 6.42 Å². The van der Waals surface area contributed by atoms with Crippen LogP contribution in [0.1, 0.15) is 37.0 Å². The third-order valence-electron chi connectivity index (χ3n) is 2.58. The van der Waals surface area contributed by atoms with Crippen molar-refractivity contribution in [3.8, 4) is 5.75 Å². The molecule has 0 bridgehead atoms. The van der Waals surface area contributed by atoms with Crippen LogP contribution in [-0.2, 0) is 0 Å². The minimum absolute atomic E-state index is 0.0559. The van der Waals surface area contributed by atoms with Gasteiger partial charge in [0.15, 0.2) is 0 Å². The number of carbonyl (C=O) groups excluding carboxylic acids is 1. The zero-order valence-electron chi connectivity index (χ0n) is 11.0. The summed E-state index contributed by atoms with van der Waals surface area (Å²) in [6.07, 6.45) is 1.47. The Kier molecular flexibility index (Phi) is 6.22. The Morgan fingerprint density at radius 2 is 2.28 bits per heavy atom. The highest BCUT2D eigenvalue weighted by Gasteiger charge is 2.10. The number of nitrogens with one attached hydrogen (secondary N) is 1. The predicted octanol–water partition coefficient (Wildman–Crippen LogP) is 1.98. The minimum Gasteiger partial charge on any atom is -0.494 e. The summed E-state index contributed by atoms with van der Waals surface area (Å²) in [5.74, 6) is 0.593. The largest absolute Gasteiger partial charge is 0.494 e. The van der Waals surface area contributed by atoms with E-state index in [-0.39, 0.29) is 18.6 Å². The number of ether oxygens (including phenoxy) is 1. The lowest BCUT2D eigenvalue weighted by atomic mass is 10.1. The molecule has 0 aromatic heterocycles. The van der Waals surface area contributed by atoms with E-state index in [1.165, 1.54) is 0 Å². The maximum atomic E-state index is 11.9. The highest BCUT2D eigenvalue weighted by molar-refractivity contribution is 5.94. The number of rotatable bonds is 7. The van der Waals surface area contributed by atoms with Gasteiger partial charge >= 0.3 is 0 Å². The molecule has 1 amide bonds. The Bertz CT molecular complexity index is 379. The Morgan fingerprint density at radius 1 is 1.50 bits per heavy atom. The Balaban J connectivity index is 2.57. The highest BCUT2D eigenvalue weighted by atomic mass is 16.5. The molecule has 0 fully saturated rings. The van der Waals surface area contributed by atoms with Crippen LogP contribution in [0.5, 0.6) is 5.75 Å². The fraction of sp³-hybridized carbons (Fsp3) is 0.500. The van der Waals surface area contributed by atoms with Gasteiger partial charge in [-0.05, 0) is 44.9 Å². The van der Waals surface area contributed by atoms with Crippen LogP contribution in [0.3, 0.4) is 0 Å². The van der Waals surface area contributed by atoms with Gasteiger partial charge in [0.2, 0.25) is 0 Å². The van der Waals surface area contributed by atoms with Crippen molar-refractivity contribution in [1.29, 1.82) is 0 Å². The maximum Gasteiger partial charge on any atom is 0.251 e. The second-order valence-electron chi connectivity index (χ2n) is 4.20. The normalized spacial score (nSPS) is 11.9. The minimum atomic E-state index is -0.109. The monoisotopic (exact) mass is 251 g/mol. The molecule has 1 aromatic carbocycles. The molecule has 4 nitrogen and oxygen atoms in total. The van der Waals surface area contributed by atoms with Gasteiger partial charge < -0.3 is 15.2 Å². The standard InChI is InChI=1S/C14H21NO3/c1-3-18-13-8-4-7-12(10-13)14(17)15-11(2)6-5-9-16/h4,7-8,10-11,16H,3,5-6,9H2,1-2H3,(H,15,17). The van der Waals surface area contributed by atoms with Crippen LogP contribution in [-0.4, -0.2) is 30.3 Å². The van der Waals surface area contributed by atoms with Crippen molar-refractivity contribution >= 4 is 5.91 Å². The van der Waals surface area contributed by atoms with Crippen LogP contribution in [0.2, 0.25) is 0 Å². The van der Waals surface area contributed by atoms with Crippen molar-refractivity contribution in [3.63, 3.8) is 0 Å². The van der Waals surface area contributed by atoms with Gasteiger partial charge in [0.25, 0.3) is 5.91 Å². The maximum absolute atomic E-state index is 11.9. The van der Waals surface area contributed by atoms with E-state index in [4.69, 9.17) is 9.84 Å². The molecule has 1 aromatic rings. The molecule has 2 N–H and O–H groups in total. The Morgan fingerprint density at radius 3 is 2.94 bits per heavy atom. The molecule has 0 saturated heterocycles. The van der Waals surface area contributed by atoms with Crippen molar-refractivity contribution in [3.05, 3.63) is 29.8 Å². The molecule has 4 heteroatoms. The first-order chi connectivity index (χ1) is 8.67. The van der Waals surface area contributed by atoms with Gasteiger partial charge in [-0.2, -0.15) is 0 Å².